The van der Waals surface area contributed by atoms with Gasteiger partial charge in [-0.25, -0.2) is 9.97 Å². The van der Waals surface area contributed by atoms with Crippen molar-refractivity contribution in [2.45, 2.75) is 13.0 Å². The normalized spacial score (nSPS) is 16.3. The van der Waals surface area contributed by atoms with E-state index in [0.717, 1.165) is 57.2 Å². The van der Waals surface area contributed by atoms with Crippen LogP contribution in [-0.2, 0) is 6.54 Å². The number of imidazole rings is 1. The lowest BCUT2D eigenvalue weighted by atomic mass is 10.2. The number of hydrogen-bond acceptors (Lipinski definition) is 5. The number of hydrogen-bond donors (Lipinski definition) is 1. The monoisotopic (exact) mass is 286 g/mol. The van der Waals surface area contributed by atoms with Crippen LogP contribution in [0.25, 0.3) is 0 Å². The Morgan fingerprint density at radius 3 is 2.67 bits per heavy atom. The highest BCUT2D eigenvalue weighted by Crippen LogP contribution is 2.20. The highest BCUT2D eigenvalue weighted by molar-refractivity contribution is 5.62. The summed E-state index contributed by atoms with van der Waals surface area (Å²) in [5.41, 5.74) is 6.76. The molecule has 1 aliphatic heterocycles. The highest BCUT2D eigenvalue weighted by atomic mass is 15.3. The molecule has 3 heterocycles. The maximum absolute atomic E-state index is 5.99. The molecule has 0 aliphatic carbocycles. The smallest absolute Gasteiger partial charge is 0.151 e. The van der Waals surface area contributed by atoms with Crippen LogP contribution in [0, 0.1) is 0 Å². The van der Waals surface area contributed by atoms with Crippen molar-refractivity contribution in [1.29, 1.82) is 0 Å². The largest absolute Gasteiger partial charge is 0.396 e. The van der Waals surface area contributed by atoms with Crippen molar-refractivity contribution in [2.24, 2.45) is 0 Å². The van der Waals surface area contributed by atoms with Crippen molar-refractivity contribution in [3.05, 3.63) is 37.1 Å². The topological polar surface area (TPSA) is 63.2 Å². The van der Waals surface area contributed by atoms with Crippen molar-refractivity contribution in [1.82, 2.24) is 19.4 Å². The molecule has 0 amide bonds. The summed E-state index contributed by atoms with van der Waals surface area (Å²) in [6, 6.07) is 3.80. The van der Waals surface area contributed by atoms with Gasteiger partial charge >= 0.3 is 0 Å². The minimum Gasteiger partial charge on any atom is -0.396 e. The second-order valence-electron chi connectivity index (χ2n) is 5.40. The molecule has 0 aromatic carbocycles. The molecule has 0 spiro atoms. The van der Waals surface area contributed by atoms with Crippen molar-refractivity contribution < 1.29 is 0 Å². The first-order valence-corrected chi connectivity index (χ1v) is 7.46. The summed E-state index contributed by atoms with van der Waals surface area (Å²) in [6.07, 6.45) is 8.69. The zero-order valence-electron chi connectivity index (χ0n) is 12.2. The van der Waals surface area contributed by atoms with Crippen molar-refractivity contribution in [2.75, 3.05) is 43.4 Å². The molecule has 0 atom stereocenters. The SMILES string of the molecule is Nc1cccnc1N1CCN(CCCn2ccnc2)CC1. The highest BCUT2D eigenvalue weighted by Gasteiger charge is 2.18. The fourth-order valence-corrected chi connectivity index (χ4v) is 2.75. The van der Waals surface area contributed by atoms with Crippen LogP contribution in [0.2, 0.25) is 0 Å². The first-order chi connectivity index (χ1) is 10.3. The molecule has 0 radical (unpaired) electrons. The molecular formula is C15H22N6. The minimum absolute atomic E-state index is 0.769. The molecule has 2 N–H and O–H groups in total. The van der Waals surface area contributed by atoms with Crippen molar-refractivity contribution >= 4 is 11.5 Å². The molecule has 0 unspecified atom stereocenters. The molecule has 0 saturated carbocycles. The molecule has 1 fully saturated rings. The molecule has 1 aliphatic rings. The van der Waals surface area contributed by atoms with E-state index in [4.69, 9.17) is 5.73 Å². The van der Waals surface area contributed by atoms with Crippen LogP contribution in [0.3, 0.4) is 0 Å². The van der Waals surface area contributed by atoms with Gasteiger partial charge in [-0.2, -0.15) is 0 Å². The zero-order valence-corrected chi connectivity index (χ0v) is 12.2. The third kappa shape index (κ3) is 3.52. The molecule has 3 rings (SSSR count). The number of aryl methyl sites for hydroxylation is 1. The van der Waals surface area contributed by atoms with E-state index < -0.39 is 0 Å². The summed E-state index contributed by atoms with van der Waals surface area (Å²) in [7, 11) is 0. The number of nitrogens with two attached hydrogens (primary N) is 1. The van der Waals surface area contributed by atoms with Gasteiger partial charge in [0.2, 0.25) is 0 Å². The summed E-state index contributed by atoms with van der Waals surface area (Å²) < 4.78 is 2.13. The lowest BCUT2D eigenvalue weighted by Crippen LogP contribution is -2.47. The molecule has 2 aromatic rings. The number of nitrogens with zero attached hydrogens (tertiary/aromatic N) is 5. The van der Waals surface area contributed by atoms with E-state index in [1.54, 1.807) is 0 Å². The lowest BCUT2D eigenvalue weighted by molar-refractivity contribution is 0.250. The Kier molecular flexibility index (Phi) is 4.35. The summed E-state index contributed by atoms with van der Waals surface area (Å²) in [4.78, 5) is 13.2. The predicted octanol–water partition coefficient (Wildman–Crippen LogP) is 1.07. The van der Waals surface area contributed by atoms with E-state index in [0.29, 0.717) is 0 Å². The van der Waals surface area contributed by atoms with E-state index >= 15 is 0 Å². The van der Waals surface area contributed by atoms with Gasteiger partial charge in [-0.05, 0) is 25.1 Å². The molecule has 112 valence electrons. The Morgan fingerprint density at radius 2 is 1.95 bits per heavy atom. The average Bonchev–Trinajstić information content (AvgIpc) is 3.02. The van der Waals surface area contributed by atoms with E-state index in [1.165, 1.54) is 0 Å². The molecule has 2 aromatic heterocycles. The standard InChI is InChI=1S/C15H22N6/c16-14-3-1-4-18-15(14)21-11-9-19(10-12-21)6-2-7-20-8-5-17-13-20/h1,3-5,8,13H,2,6-7,9-12,16H2. The third-order valence-corrected chi connectivity index (χ3v) is 3.94. The van der Waals surface area contributed by atoms with Crippen LogP contribution < -0.4 is 10.6 Å². The second kappa shape index (κ2) is 6.58. The fourth-order valence-electron chi connectivity index (χ4n) is 2.75. The Hall–Kier alpha value is -2.08. The predicted molar refractivity (Wildman–Crippen MR) is 84.1 cm³/mol. The maximum atomic E-state index is 5.99. The van der Waals surface area contributed by atoms with Crippen LogP contribution in [0.15, 0.2) is 37.1 Å². The summed E-state index contributed by atoms with van der Waals surface area (Å²) in [6.45, 7) is 6.29. The quantitative estimate of drug-likeness (QED) is 0.891. The number of piperazine rings is 1. The van der Waals surface area contributed by atoms with E-state index in [-0.39, 0.29) is 0 Å². The first-order valence-electron chi connectivity index (χ1n) is 7.46. The van der Waals surface area contributed by atoms with Gasteiger partial charge in [0.05, 0.1) is 12.0 Å². The number of nitrogen functional groups attached to an aromatic ring is 1. The Morgan fingerprint density at radius 1 is 1.10 bits per heavy atom. The van der Waals surface area contributed by atoms with Crippen LogP contribution in [-0.4, -0.2) is 52.2 Å². The molecule has 6 heteroatoms. The lowest BCUT2D eigenvalue weighted by Gasteiger charge is -2.35. The van der Waals surface area contributed by atoms with Gasteiger partial charge in [-0.15, -0.1) is 0 Å². The van der Waals surface area contributed by atoms with Crippen molar-refractivity contribution in [3.63, 3.8) is 0 Å². The molecule has 0 bridgehead atoms. The van der Waals surface area contributed by atoms with Crippen LogP contribution in [0.5, 0.6) is 0 Å². The Balaban J connectivity index is 1.44. The summed E-state index contributed by atoms with van der Waals surface area (Å²) in [5, 5.41) is 0. The molecule has 1 saturated heterocycles. The number of rotatable bonds is 5. The zero-order chi connectivity index (χ0) is 14.5. The van der Waals surface area contributed by atoms with Crippen LogP contribution in [0.1, 0.15) is 6.42 Å². The molecular weight excluding hydrogens is 264 g/mol. The van der Waals surface area contributed by atoms with E-state index in [1.807, 2.05) is 37.1 Å². The molecule has 6 nitrogen and oxygen atoms in total. The van der Waals surface area contributed by atoms with Gasteiger partial charge in [-0.1, -0.05) is 0 Å². The number of anilines is 2. The van der Waals surface area contributed by atoms with Crippen LogP contribution >= 0.6 is 0 Å². The van der Waals surface area contributed by atoms with Gasteiger partial charge in [0.15, 0.2) is 5.82 Å². The Labute approximate surface area is 125 Å². The Bertz CT molecular complexity index is 545. The third-order valence-electron chi connectivity index (χ3n) is 3.94. The van der Waals surface area contributed by atoms with Gasteiger partial charge in [0.25, 0.3) is 0 Å². The van der Waals surface area contributed by atoms with Crippen molar-refractivity contribution in [3.8, 4) is 0 Å². The van der Waals surface area contributed by atoms with E-state index in [9.17, 15) is 0 Å². The van der Waals surface area contributed by atoms with Crippen LogP contribution in [0.4, 0.5) is 11.5 Å². The maximum Gasteiger partial charge on any atom is 0.151 e. The number of pyridine rings is 1. The second-order valence-corrected chi connectivity index (χ2v) is 5.40. The average molecular weight is 286 g/mol. The van der Waals surface area contributed by atoms with Gasteiger partial charge < -0.3 is 15.2 Å². The van der Waals surface area contributed by atoms with E-state index in [2.05, 4.69) is 24.3 Å². The molecule has 21 heavy (non-hydrogen) atoms. The van der Waals surface area contributed by atoms with Gasteiger partial charge in [0.1, 0.15) is 0 Å². The van der Waals surface area contributed by atoms with Gasteiger partial charge in [-0.3, -0.25) is 4.90 Å². The minimum atomic E-state index is 0.769. The van der Waals surface area contributed by atoms with Gasteiger partial charge in [0, 0.05) is 51.3 Å². The number of aromatic nitrogens is 3. The summed E-state index contributed by atoms with van der Waals surface area (Å²) in [5.74, 6) is 0.926. The summed E-state index contributed by atoms with van der Waals surface area (Å²) >= 11 is 0. The fraction of sp³-hybridized carbons (Fsp3) is 0.467. The first kappa shape index (κ1) is 13.9.